The normalized spacial score (nSPS) is 25.9. The molecule has 0 radical (unpaired) electrons. The first-order valence-electron chi connectivity index (χ1n) is 6.73. The van der Waals surface area contributed by atoms with Crippen LogP contribution in [0.4, 0.5) is 5.69 Å². The number of benzene rings is 1. The number of oxime groups is 1. The van der Waals surface area contributed by atoms with Crippen molar-refractivity contribution in [2.24, 2.45) is 22.2 Å². The van der Waals surface area contributed by atoms with E-state index in [9.17, 15) is 4.79 Å². The van der Waals surface area contributed by atoms with E-state index in [-0.39, 0.29) is 11.7 Å². The second-order valence-corrected chi connectivity index (χ2v) is 5.78. The zero-order valence-corrected chi connectivity index (χ0v) is 12.1. The van der Waals surface area contributed by atoms with Gasteiger partial charge in [-0.2, -0.15) is 0 Å². The maximum atomic E-state index is 12.7. The molecule has 0 atom stereocenters. The molecule has 0 bridgehead atoms. The van der Waals surface area contributed by atoms with Crippen molar-refractivity contribution in [3.8, 4) is 0 Å². The summed E-state index contributed by atoms with van der Waals surface area (Å²) in [6.07, 6.45) is 1.25. The van der Waals surface area contributed by atoms with Gasteiger partial charge in [-0.15, -0.1) is 0 Å². The highest BCUT2D eigenvalue weighted by Crippen LogP contribution is 2.47. The van der Waals surface area contributed by atoms with E-state index in [1.807, 2.05) is 31.2 Å². The molecule has 5 nitrogen and oxygen atoms in total. The number of carbonyl (C=O) groups excluding carboxylic acids is 1. The number of anilines is 1. The van der Waals surface area contributed by atoms with Crippen LogP contribution in [0.5, 0.6) is 0 Å². The molecule has 20 heavy (non-hydrogen) atoms. The molecule has 1 amide bonds. The van der Waals surface area contributed by atoms with E-state index >= 15 is 0 Å². The summed E-state index contributed by atoms with van der Waals surface area (Å²) in [5, 5.41) is 12.0. The third-order valence-electron chi connectivity index (χ3n) is 4.13. The number of carbonyl (C=O) groups is 1. The van der Waals surface area contributed by atoms with Crippen molar-refractivity contribution in [3.05, 3.63) is 29.8 Å². The largest absolute Gasteiger partial charge is 0.409 e. The predicted octanol–water partition coefficient (Wildman–Crippen LogP) is 2.12. The molecule has 1 aliphatic carbocycles. The van der Waals surface area contributed by atoms with Gasteiger partial charge >= 0.3 is 0 Å². The van der Waals surface area contributed by atoms with Crippen LogP contribution in [0.3, 0.4) is 0 Å². The Balaban J connectivity index is 2.27. The van der Waals surface area contributed by atoms with Gasteiger partial charge in [0.25, 0.3) is 0 Å². The summed E-state index contributed by atoms with van der Waals surface area (Å²) in [6.45, 7) is 4.05. The quantitative estimate of drug-likeness (QED) is 0.384. The fourth-order valence-electron chi connectivity index (χ4n) is 2.93. The van der Waals surface area contributed by atoms with Crippen molar-refractivity contribution in [1.82, 2.24) is 0 Å². The molecule has 0 heterocycles. The van der Waals surface area contributed by atoms with Gasteiger partial charge < -0.3 is 15.8 Å². The minimum absolute atomic E-state index is 0.0135. The van der Waals surface area contributed by atoms with E-state index < -0.39 is 5.41 Å². The molecular formula is C15H21N3O2. The smallest absolute Gasteiger partial charge is 0.240 e. The van der Waals surface area contributed by atoms with Crippen molar-refractivity contribution in [2.45, 2.75) is 26.7 Å². The van der Waals surface area contributed by atoms with Crippen LogP contribution >= 0.6 is 0 Å². The molecule has 5 heteroatoms. The van der Waals surface area contributed by atoms with Crippen LogP contribution in [0.2, 0.25) is 0 Å². The summed E-state index contributed by atoms with van der Waals surface area (Å²) < 4.78 is 0. The van der Waals surface area contributed by atoms with E-state index in [0.717, 1.165) is 11.3 Å². The van der Waals surface area contributed by atoms with Gasteiger partial charge in [0.15, 0.2) is 5.84 Å². The summed E-state index contributed by atoms with van der Waals surface area (Å²) in [5.74, 6) is 0.306. The van der Waals surface area contributed by atoms with Crippen LogP contribution in [0.1, 0.15) is 25.3 Å². The third kappa shape index (κ3) is 2.24. The molecule has 1 aromatic carbocycles. The number of hydrogen-bond acceptors (Lipinski definition) is 3. The number of amidine groups is 1. The highest BCUT2D eigenvalue weighted by molar-refractivity contribution is 6.13. The average Bonchev–Trinajstić information content (AvgIpc) is 2.42. The average molecular weight is 275 g/mol. The van der Waals surface area contributed by atoms with Crippen molar-refractivity contribution < 1.29 is 10.0 Å². The van der Waals surface area contributed by atoms with Gasteiger partial charge in [-0.1, -0.05) is 29.8 Å². The first kappa shape index (κ1) is 14.4. The maximum absolute atomic E-state index is 12.7. The molecule has 3 N–H and O–H groups in total. The zero-order valence-electron chi connectivity index (χ0n) is 12.1. The Kier molecular flexibility index (Phi) is 3.70. The molecule has 0 aromatic heterocycles. The first-order chi connectivity index (χ1) is 9.40. The van der Waals surface area contributed by atoms with Gasteiger partial charge in [0.1, 0.15) is 5.41 Å². The van der Waals surface area contributed by atoms with E-state index in [4.69, 9.17) is 10.9 Å². The Bertz CT molecular complexity index is 531. The Morgan fingerprint density at radius 1 is 1.40 bits per heavy atom. The fraction of sp³-hybridized carbons (Fsp3) is 0.467. The second kappa shape index (κ2) is 5.15. The number of nitrogens with two attached hydrogens (primary N) is 1. The molecule has 0 saturated heterocycles. The molecule has 0 aliphatic heterocycles. The molecule has 1 fully saturated rings. The second-order valence-electron chi connectivity index (χ2n) is 5.78. The highest BCUT2D eigenvalue weighted by Gasteiger charge is 2.53. The van der Waals surface area contributed by atoms with Crippen LogP contribution in [0.25, 0.3) is 0 Å². The number of amides is 1. The van der Waals surface area contributed by atoms with E-state index in [0.29, 0.717) is 18.8 Å². The van der Waals surface area contributed by atoms with Crippen molar-refractivity contribution in [2.75, 3.05) is 11.9 Å². The Morgan fingerprint density at radius 2 is 1.95 bits per heavy atom. The fourth-order valence-corrected chi connectivity index (χ4v) is 2.93. The third-order valence-corrected chi connectivity index (χ3v) is 4.13. The van der Waals surface area contributed by atoms with Crippen molar-refractivity contribution in [3.63, 3.8) is 0 Å². The number of aryl methyl sites for hydroxylation is 1. The van der Waals surface area contributed by atoms with Crippen LogP contribution < -0.4 is 10.6 Å². The minimum atomic E-state index is -0.853. The molecule has 2 rings (SSSR count). The van der Waals surface area contributed by atoms with Crippen LogP contribution in [0.15, 0.2) is 29.4 Å². The summed E-state index contributed by atoms with van der Waals surface area (Å²) in [6, 6.07) is 7.71. The van der Waals surface area contributed by atoms with Crippen LogP contribution in [0, 0.1) is 18.3 Å². The molecule has 1 aliphatic rings. The zero-order chi connectivity index (χ0) is 14.9. The lowest BCUT2D eigenvalue weighted by molar-refractivity contribution is -0.130. The van der Waals surface area contributed by atoms with Gasteiger partial charge in [0.2, 0.25) is 5.91 Å². The van der Waals surface area contributed by atoms with Crippen LogP contribution in [-0.2, 0) is 4.79 Å². The molecule has 108 valence electrons. The number of nitrogens with zero attached hydrogens (tertiary/aromatic N) is 2. The Morgan fingerprint density at radius 3 is 2.40 bits per heavy atom. The van der Waals surface area contributed by atoms with Gasteiger partial charge in [-0.3, -0.25) is 4.79 Å². The van der Waals surface area contributed by atoms with Gasteiger partial charge in [0, 0.05) is 12.7 Å². The monoisotopic (exact) mass is 275 g/mol. The predicted molar refractivity (Wildman–Crippen MR) is 78.8 cm³/mol. The van der Waals surface area contributed by atoms with Gasteiger partial charge in [0.05, 0.1) is 0 Å². The van der Waals surface area contributed by atoms with Crippen LogP contribution in [-0.4, -0.2) is 24.0 Å². The molecule has 0 unspecified atom stereocenters. The highest BCUT2D eigenvalue weighted by atomic mass is 16.4. The number of hydrogen-bond donors (Lipinski definition) is 2. The van der Waals surface area contributed by atoms with E-state index in [1.165, 1.54) is 0 Å². The summed E-state index contributed by atoms with van der Waals surface area (Å²) >= 11 is 0. The lowest BCUT2D eigenvalue weighted by atomic mass is 9.61. The van der Waals surface area contributed by atoms with E-state index in [2.05, 4.69) is 12.1 Å². The van der Waals surface area contributed by atoms with Crippen molar-refractivity contribution >= 4 is 17.4 Å². The summed E-state index contributed by atoms with van der Waals surface area (Å²) in [7, 11) is 1.72. The molecule has 1 saturated carbocycles. The lowest BCUT2D eigenvalue weighted by Gasteiger charge is -2.45. The SMILES string of the molecule is Cc1ccc(N(C)C(=O)C2(/C(N)=N/O)CC(C)C2)cc1. The Labute approximate surface area is 119 Å². The molecule has 0 spiro atoms. The topological polar surface area (TPSA) is 78.9 Å². The molecular weight excluding hydrogens is 254 g/mol. The summed E-state index contributed by atoms with van der Waals surface area (Å²) in [4.78, 5) is 14.3. The minimum Gasteiger partial charge on any atom is -0.409 e. The van der Waals surface area contributed by atoms with Crippen molar-refractivity contribution in [1.29, 1.82) is 0 Å². The maximum Gasteiger partial charge on any atom is 0.240 e. The lowest BCUT2D eigenvalue weighted by Crippen LogP contribution is -2.57. The molecule has 1 aromatic rings. The summed E-state index contributed by atoms with van der Waals surface area (Å²) in [5.41, 5.74) is 6.86. The first-order valence-corrected chi connectivity index (χ1v) is 6.73. The Hall–Kier alpha value is -2.04. The van der Waals surface area contributed by atoms with E-state index in [1.54, 1.807) is 11.9 Å². The van der Waals surface area contributed by atoms with Gasteiger partial charge in [-0.25, -0.2) is 0 Å². The number of rotatable bonds is 3. The van der Waals surface area contributed by atoms with Gasteiger partial charge in [-0.05, 0) is 37.8 Å². The standard InChI is InChI=1S/C15H21N3O2/c1-10-4-6-12(7-5-10)18(3)14(19)15(13(16)17-20)8-11(2)9-15/h4-7,11,20H,8-9H2,1-3H3,(H2,16,17).